The minimum atomic E-state index is -0.684. The number of halogens is 1. The molecule has 0 amide bonds. The van der Waals surface area contributed by atoms with Crippen LogP contribution in [0.5, 0.6) is 5.75 Å². The lowest BCUT2D eigenvalue weighted by Gasteiger charge is -2.10. The Morgan fingerprint density at radius 2 is 2.20 bits per heavy atom. The fourth-order valence-corrected chi connectivity index (χ4v) is 2.37. The fraction of sp³-hybridized carbons (Fsp3) is 0.176. The molecule has 0 aliphatic heterocycles. The molecule has 0 N–H and O–H groups in total. The summed E-state index contributed by atoms with van der Waals surface area (Å²) in [5, 5.41) is 3.86. The van der Waals surface area contributed by atoms with Crippen molar-refractivity contribution in [3.8, 4) is 17.1 Å². The second-order valence-corrected chi connectivity index (χ2v) is 5.99. The van der Waals surface area contributed by atoms with E-state index in [1.807, 2.05) is 18.2 Å². The van der Waals surface area contributed by atoms with Crippen LogP contribution in [0, 0.1) is 0 Å². The summed E-state index contributed by atoms with van der Waals surface area (Å²) < 4.78 is 16.6. The number of carbonyl (C=O) groups is 1. The van der Waals surface area contributed by atoms with Crippen molar-refractivity contribution in [2.45, 2.75) is 13.0 Å². The van der Waals surface area contributed by atoms with Crippen molar-refractivity contribution in [1.29, 1.82) is 0 Å². The quantitative estimate of drug-likeness (QED) is 0.581. The van der Waals surface area contributed by atoms with E-state index in [9.17, 15) is 4.79 Å². The Kier molecular flexibility index (Phi) is 5.39. The number of carbonyl (C=O) groups excluding carboxylic acids is 1. The summed E-state index contributed by atoms with van der Waals surface area (Å²) in [6.45, 7) is 1.43. The largest absolute Gasteiger partial charge is 0.482 e. The van der Waals surface area contributed by atoms with Crippen LogP contribution in [0.4, 0.5) is 0 Å². The Morgan fingerprint density at radius 1 is 1.32 bits per heavy atom. The van der Waals surface area contributed by atoms with E-state index in [1.54, 1.807) is 37.5 Å². The average molecular weight is 404 g/mol. The number of nitrogens with zero attached hydrogens (tertiary/aromatic N) is 3. The number of hydrogen-bond acceptors (Lipinski definition) is 7. The molecule has 0 bridgehead atoms. The molecule has 8 heteroatoms. The summed E-state index contributed by atoms with van der Waals surface area (Å²) in [5.41, 5.74) is 0.717. The minimum absolute atomic E-state index is 0.203. The first kappa shape index (κ1) is 17.1. The molecule has 25 heavy (non-hydrogen) atoms. The lowest BCUT2D eigenvalue weighted by atomic mass is 10.3. The van der Waals surface area contributed by atoms with Crippen LogP contribution in [0.3, 0.4) is 0 Å². The summed E-state index contributed by atoms with van der Waals surface area (Å²) in [5.74, 6) is 0.621. The van der Waals surface area contributed by atoms with E-state index in [4.69, 9.17) is 14.0 Å². The highest BCUT2D eigenvalue weighted by atomic mass is 79.9. The first-order valence-electron chi connectivity index (χ1n) is 7.43. The van der Waals surface area contributed by atoms with Crippen molar-refractivity contribution in [3.63, 3.8) is 0 Å². The van der Waals surface area contributed by atoms with Gasteiger partial charge in [-0.05, 0) is 37.3 Å². The van der Waals surface area contributed by atoms with Crippen LogP contribution >= 0.6 is 15.9 Å². The molecule has 0 aliphatic carbocycles. The predicted molar refractivity (Wildman–Crippen MR) is 91.7 cm³/mol. The van der Waals surface area contributed by atoms with Gasteiger partial charge in [-0.1, -0.05) is 27.2 Å². The zero-order chi connectivity index (χ0) is 17.6. The minimum Gasteiger partial charge on any atom is -0.482 e. The maximum atomic E-state index is 11.9. The highest BCUT2D eigenvalue weighted by Gasteiger charge is 2.19. The Morgan fingerprint density at radius 3 is 2.96 bits per heavy atom. The standard InChI is InChI=1S/C17H14BrN3O4/c1-11(17-20-16(21-25-17)12-4-3-7-19-9-12)24-15(22)10-23-14-6-2-5-13(18)8-14/h2-9,11H,10H2,1H3. The maximum absolute atomic E-state index is 11.9. The fourth-order valence-electron chi connectivity index (χ4n) is 1.99. The van der Waals surface area contributed by atoms with Crippen molar-refractivity contribution in [1.82, 2.24) is 15.1 Å². The van der Waals surface area contributed by atoms with Crippen molar-refractivity contribution in [2.24, 2.45) is 0 Å². The van der Waals surface area contributed by atoms with Gasteiger partial charge in [0.15, 0.2) is 12.7 Å². The van der Waals surface area contributed by atoms with E-state index >= 15 is 0 Å². The van der Waals surface area contributed by atoms with Gasteiger partial charge in [-0.2, -0.15) is 4.98 Å². The van der Waals surface area contributed by atoms with E-state index in [0.29, 0.717) is 17.1 Å². The molecule has 1 unspecified atom stereocenters. The molecule has 2 heterocycles. The van der Waals surface area contributed by atoms with Gasteiger partial charge >= 0.3 is 5.97 Å². The maximum Gasteiger partial charge on any atom is 0.344 e. The van der Waals surface area contributed by atoms with Crippen LogP contribution in [0.2, 0.25) is 0 Å². The Labute approximate surface area is 152 Å². The van der Waals surface area contributed by atoms with Crippen molar-refractivity contribution in [3.05, 3.63) is 59.2 Å². The summed E-state index contributed by atoms with van der Waals surface area (Å²) >= 11 is 3.33. The number of ether oxygens (including phenoxy) is 2. The first-order chi connectivity index (χ1) is 12.1. The normalized spacial score (nSPS) is 11.8. The molecule has 0 fully saturated rings. The average Bonchev–Trinajstić information content (AvgIpc) is 3.11. The number of rotatable bonds is 6. The molecule has 3 rings (SSSR count). The van der Waals surface area contributed by atoms with Gasteiger partial charge < -0.3 is 14.0 Å². The zero-order valence-corrected chi connectivity index (χ0v) is 14.8. The molecule has 0 spiro atoms. The van der Waals surface area contributed by atoms with E-state index in [2.05, 4.69) is 31.1 Å². The highest BCUT2D eigenvalue weighted by Crippen LogP contribution is 2.21. The lowest BCUT2D eigenvalue weighted by Crippen LogP contribution is -2.17. The van der Waals surface area contributed by atoms with Gasteiger partial charge in [-0.25, -0.2) is 4.79 Å². The van der Waals surface area contributed by atoms with Gasteiger partial charge in [-0.15, -0.1) is 0 Å². The highest BCUT2D eigenvalue weighted by molar-refractivity contribution is 9.10. The van der Waals surface area contributed by atoms with Crippen LogP contribution in [-0.2, 0) is 9.53 Å². The molecule has 0 radical (unpaired) electrons. The summed E-state index contributed by atoms with van der Waals surface area (Å²) in [4.78, 5) is 20.1. The number of pyridine rings is 1. The topological polar surface area (TPSA) is 87.3 Å². The Hall–Kier alpha value is -2.74. The third-order valence-corrected chi connectivity index (χ3v) is 3.66. The SMILES string of the molecule is CC(OC(=O)COc1cccc(Br)c1)c1nc(-c2cccnc2)no1. The molecular formula is C17H14BrN3O4. The van der Waals surface area contributed by atoms with Crippen LogP contribution in [0.25, 0.3) is 11.4 Å². The molecule has 7 nitrogen and oxygen atoms in total. The summed E-state index contributed by atoms with van der Waals surface area (Å²) in [7, 11) is 0. The van der Waals surface area contributed by atoms with Crippen molar-refractivity contribution >= 4 is 21.9 Å². The number of benzene rings is 1. The van der Waals surface area contributed by atoms with Crippen LogP contribution in [0.15, 0.2) is 57.8 Å². The van der Waals surface area contributed by atoms with Gasteiger partial charge in [0.2, 0.25) is 5.82 Å². The van der Waals surface area contributed by atoms with Gasteiger partial charge in [0, 0.05) is 22.4 Å². The molecule has 3 aromatic rings. The molecule has 1 aromatic carbocycles. The molecule has 1 atom stereocenters. The van der Waals surface area contributed by atoms with Gasteiger partial charge in [-0.3, -0.25) is 4.98 Å². The van der Waals surface area contributed by atoms with Crippen LogP contribution in [0.1, 0.15) is 18.9 Å². The molecule has 0 saturated heterocycles. The Balaban J connectivity index is 1.56. The zero-order valence-electron chi connectivity index (χ0n) is 13.3. The molecule has 0 aliphatic rings. The molecule has 2 aromatic heterocycles. The third-order valence-electron chi connectivity index (χ3n) is 3.17. The van der Waals surface area contributed by atoms with Crippen molar-refractivity contribution in [2.75, 3.05) is 6.61 Å². The van der Waals surface area contributed by atoms with Crippen molar-refractivity contribution < 1.29 is 18.8 Å². The van der Waals surface area contributed by atoms with Crippen LogP contribution < -0.4 is 4.74 Å². The molecule has 0 saturated carbocycles. The third kappa shape index (κ3) is 4.63. The second kappa shape index (κ2) is 7.89. The van der Waals surface area contributed by atoms with E-state index < -0.39 is 12.1 Å². The molecular weight excluding hydrogens is 390 g/mol. The smallest absolute Gasteiger partial charge is 0.344 e. The van der Waals surface area contributed by atoms with E-state index in [1.165, 1.54) is 0 Å². The van der Waals surface area contributed by atoms with Gasteiger partial charge in [0.25, 0.3) is 5.89 Å². The first-order valence-corrected chi connectivity index (χ1v) is 8.23. The number of hydrogen-bond donors (Lipinski definition) is 0. The van der Waals surface area contributed by atoms with Gasteiger partial charge in [0.05, 0.1) is 0 Å². The van der Waals surface area contributed by atoms with E-state index in [-0.39, 0.29) is 12.5 Å². The lowest BCUT2D eigenvalue weighted by molar-refractivity contribution is -0.152. The summed E-state index contributed by atoms with van der Waals surface area (Å²) in [6, 6.07) is 10.8. The molecule has 128 valence electrons. The number of esters is 1. The van der Waals surface area contributed by atoms with E-state index in [0.717, 1.165) is 4.47 Å². The summed E-state index contributed by atoms with van der Waals surface area (Å²) in [6.07, 6.45) is 2.59. The predicted octanol–water partition coefficient (Wildman–Crippen LogP) is 3.58. The second-order valence-electron chi connectivity index (χ2n) is 5.08. The van der Waals surface area contributed by atoms with Crippen LogP contribution in [-0.4, -0.2) is 27.7 Å². The number of aromatic nitrogens is 3. The van der Waals surface area contributed by atoms with Gasteiger partial charge in [0.1, 0.15) is 5.75 Å². The monoisotopic (exact) mass is 403 g/mol. The Bertz CT molecular complexity index is 854.